The molecule has 1 N–H and O–H groups in total. The first kappa shape index (κ1) is 12.6. The van der Waals surface area contributed by atoms with Crippen LogP contribution in [0.25, 0.3) is 0 Å². The Labute approximate surface area is 113 Å². The zero-order valence-corrected chi connectivity index (χ0v) is 11.3. The molecule has 102 valence electrons. The molecule has 0 saturated heterocycles. The third-order valence-corrected chi connectivity index (χ3v) is 4.79. The second kappa shape index (κ2) is 4.95. The molecule has 2 saturated carbocycles. The molecule has 0 aliphatic heterocycles. The monoisotopic (exact) mass is 261 g/mol. The number of hydrogen-bond acceptors (Lipinski definition) is 1. The molecule has 2 bridgehead atoms. The highest BCUT2D eigenvalue weighted by Crippen LogP contribution is 2.49. The molecule has 3 rings (SSSR count). The van der Waals surface area contributed by atoms with E-state index in [1.54, 1.807) is 6.07 Å². The first-order chi connectivity index (χ1) is 9.11. The Morgan fingerprint density at radius 1 is 1.37 bits per heavy atom. The number of nitrogens with one attached hydrogen (secondary N) is 1. The predicted molar refractivity (Wildman–Crippen MR) is 73.3 cm³/mol. The summed E-state index contributed by atoms with van der Waals surface area (Å²) in [7, 11) is 0. The zero-order chi connectivity index (χ0) is 13.4. The van der Waals surface area contributed by atoms with Gasteiger partial charge in [-0.2, -0.15) is 0 Å². The van der Waals surface area contributed by atoms with Gasteiger partial charge < -0.3 is 5.32 Å². The normalized spacial score (nSPS) is 28.6. The van der Waals surface area contributed by atoms with Crippen molar-refractivity contribution in [2.24, 2.45) is 17.8 Å². The Balaban J connectivity index is 1.59. The molecule has 2 aliphatic rings. The molecular formula is C16H20FNO. The number of halogens is 1. The molecule has 3 heteroatoms. The van der Waals surface area contributed by atoms with Gasteiger partial charge in [0.1, 0.15) is 5.82 Å². The largest absolute Gasteiger partial charge is 0.326 e. The van der Waals surface area contributed by atoms with Gasteiger partial charge in [-0.3, -0.25) is 4.79 Å². The number of rotatable bonds is 3. The van der Waals surface area contributed by atoms with Gasteiger partial charge in [0.05, 0.1) is 0 Å². The minimum Gasteiger partial charge on any atom is -0.326 e. The number of anilines is 1. The quantitative estimate of drug-likeness (QED) is 0.878. The van der Waals surface area contributed by atoms with Crippen molar-refractivity contribution in [1.29, 1.82) is 0 Å². The molecule has 0 heterocycles. The maximum atomic E-state index is 13.0. The molecule has 0 unspecified atom stereocenters. The van der Waals surface area contributed by atoms with Crippen molar-refractivity contribution in [2.45, 2.75) is 39.0 Å². The number of amides is 1. The summed E-state index contributed by atoms with van der Waals surface area (Å²) in [4.78, 5) is 12.1. The number of fused-ring (bicyclic) bond motifs is 2. The van der Waals surface area contributed by atoms with Gasteiger partial charge in [0, 0.05) is 12.1 Å². The minimum absolute atomic E-state index is 0.0762. The van der Waals surface area contributed by atoms with Crippen molar-refractivity contribution in [3.63, 3.8) is 0 Å². The van der Waals surface area contributed by atoms with E-state index < -0.39 is 0 Å². The highest BCUT2D eigenvalue weighted by molar-refractivity contribution is 5.91. The lowest BCUT2D eigenvalue weighted by Crippen LogP contribution is -2.20. The van der Waals surface area contributed by atoms with E-state index in [1.807, 2.05) is 6.92 Å². The average molecular weight is 261 g/mol. The van der Waals surface area contributed by atoms with E-state index in [2.05, 4.69) is 5.32 Å². The van der Waals surface area contributed by atoms with E-state index in [0.29, 0.717) is 12.3 Å². The summed E-state index contributed by atoms with van der Waals surface area (Å²) in [5.74, 6) is 2.02. The summed E-state index contributed by atoms with van der Waals surface area (Å²) in [6, 6.07) is 4.48. The second-order valence-corrected chi connectivity index (χ2v) is 6.15. The Morgan fingerprint density at radius 2 is 2.21 bits per heavy atom. The Morgan fingerprint density at radius 3 is 2.84 bits per heavy atom. The Hall–Kier alpha value is -1.38. The fraction of sp³-hybridized carbons (Fsp3) is 0.562. The third kappa shape index (κ3) is 2.65. The molecular weight excluding hydrogens is 241 g/mol. The van der Waals surface area contributed by atoms with Crippen LogP contribution >= 0.6 is 0 Å². The summed E-state index contributed by atoms with van der Waals surface area (Å²) in [6.45, 7) is 1.82. The summed E-state index contributed by atoms with van der Waals surface area (Å²) in [5.41, 5.74) is 1.51. The van der Waals surface area contributed by atoms with E-state index >= 15 is 0 Å². The van der Waals surface area contributed by atoms with Crippen molar-refractivity contribution in [3.8, 4) is 0 Å². The number of hydrogen-bond donors (Lipinski definition) is 1. The van der Waals surface area contributed by atoms with Crippen LogP contribution in [0.3, 0.4) is 0 Å². The molecule has 1 amide bonds. The molecule has 3 atom stereocenters. The van der Waals surface area contributed by atoms with Crippen molar-refractivity contribution in [1.82, 2.24) is 0 Å². The van der Waals surface area contributed by atoms with Gasteiger partial charge in [-0.25, -0.2) is 4.39 Å². The Kier molecular flexibility index (Phi) is 3.29. The number of carbonyl (C=O) groups excluding carboxylic acids is 1. The lowest BCUT2D eigenvalue weighted by Gasteiger charge is -2.21. The van der Waals surface area contributed by atoms with Crippen molar-refractivity contribution in [2.75, 3.05) is 5.32 Å². The van der Waals surface area contributed by atoms with Crippen LogP contribution in [0.1, 0.15) is 37.7 Å². The molecule has 2 aliphatic carbocycles. The lowest BCUT2D eigenvalue weighted by atomic mass is 9.86. The molecule has 0 radical (unpaired) electrons. The number of benzene rings is 1. The summed E-state index contributed by atoms with van der Waals surface area (Å²) < 4.78 is 13.0. The van der Waals surface area contributed by atoms with Gasteiger partial charge in [-0.1, -0.05) is 6.42 Å². The van der Waals surface area contributed by atoms with E-state index in [0.717, 1.165) is 23.1 Å². The first-order valence-electron chi connectivity index (χ1n) is 7.18. The predicted octanol–water partition coefficient (Wildman–Crippen LogP) is 3.90. The Bertz CT molecular complexity index is 500. The van der Waals surface area contributed by atoms with Crippen LogP contribution in [0.2, 0.25) is 0 Å². The fourth-order valence-electron chi connectivity index (χ4n) is 3.83. The van der Waals surface area contributed by atoms with Crippen LogP contribution in [0, 0.1) is 30.5 Å². The molecule has 1 aromatic rings. The van der Waals surface area contributed by atoms with Gasteiger partial charge >= 0.3 is 0 Å². The zero-order valence-electron chi connectivity index (χ0n) is 11.3. The van der Waals surface area contributed by atoms with Gasteiger partial charge in [0.15, 0.2) is 0 Å². The molecule has 0 spiro atoms. The second-order valence-electron chi connectivity index (χ2n) is 6.15. The van der Waals surface area contributed by atoms with E-state index in [4.69, 9.17) is 0 Å². The van der Waals surface area contributed by atoms with Gasteiger partial charge in [0.2, 0.25) is 5.91 Å². The molecule has 0 aromatic heterocycles. The third-order valence-electron chi connectivity index (χ3n) is 4.79. The maximum absolute atomic E-state index is 13.0. The van der Waals surface area contributed by atoms with Crippen LogP contribution in [-0.2, 0) is 4.79 Å². The van der Waals surface area contributed by atoms with Gasteiger partial charge in [-0.05, 0) is 67.7 Å². The standard InChI is InChI=1S/C16H20FNO/c1-10-6-14(17)4-5-15(10)18-16(19)9-13-8-11-2-3-12(13)7-11/h4-6,11-13H,2-3,7-9H2,1H3,(H,18,19)/t11-,12-,13-/m1/s1. The van der Waals surface area contributed by atoms with E-state index in [1.165, 1.54) is 37.8 Å². The van der Waals surface area contributed by atoms with Crippen molar-refractivity contribution >= 4 is 11.6 Å². The van der Waals surface area contributed by atoms with Crippen LogP contribution in [0.15, 0.2) is 18.2 Å². The highest BCUT2D eigenvalue weighted by atomic mass is 19.1. The highest BCUT2D eigenvalue weighted by Gasteiger charge is 2.40. The van der Waals surface area contributed by atoms with Crippen LogP contribution < -0.4 is 5.32 Å². The summed E-state index contributed by atoms with van der Waals surface area (Å²) in [6.07, 6.45) is 5.84. The molecule has 19 heavy (non-hydrogen) atoms. The summed E-state index contributed by atoms with van der Waals surface area (Å²) >= 11 is 0. The number of aryl methyl sites for hydroxylation is 1. The maximum Gasteiger partial charge on any atom is 0.224 e. The average Bonchev–Trinajstić information content (AvgIpc) is 2.95. The fourth-order valence-corrected chi connectivity index (χ4v) is 3.83. The molecule has 2 fully saturated rings. The smallest absolute Gasteiger partial charge is 0.224 e. The van der Waals surface area contributed by atoms with Crippen molar-refractivity contribution < 1.29 is 9.18 Å². The molecule has 2 nitrogen and oxygen atoms in total. The lowest BCUT2D eigenvalue weighted by molar-refractivity contribution is -0.117. The van der Waals surface area contributed by atoms with E-state index in [-0.39, 0.29) is 11.7 Å². The van der Waals surface area contributed by atoms with Gasteiger partial charge in [0.25, 0.3) is 0 Å². The van der Waals surface area contributed by atoms with Crippen molar-refractivity contribution in [3.05, 3.63) is 29.6 Å². The number of carbonyl (C=O) groups is 1. The van der Waals surface area contributed by atoms with E-state index in [9.17, 15) is 9.18 Å². The summed E-state index contributed by atoms with van der Waals surface area (Å²) in [5, 5.41) is 2.92. The molecule has 1 aromatic carbocycles. The van der Waals surface area contributed by atoms with Crippen LogP contribution in [0.5, 0.6) is 0 Å². The minimum atomic E-state index is -0.261. The topological polar surface area (TPSA) is 29.1 Å². The van der Waals surface area contributed by atoms with Crippen LogP contribution in [0.4, 0.5) is 10.1 Å². The van der Waals surface area contributed by atoms with Crippen LogP contribution in [-0.4, -0.2) is 5.91 Å². The SMILES string of the molecule is Cc1cc(F)ccc1NC(=O)C[C@H]1C[C@@H]2CC[C@@H]1C2. The first-order valence-corrected chi connectivity index (χ1v) is 7.18. The van der Waals surface area contributed by atoms with Gasteiger partial charge in [-0.15, -0.1) is 0 Å².